The summed E-state index contributed by atoms with van der Waals surface area (Å²) in [5, 5.41) is 2.80. The highest BCUT2D eigenvalue weighted by molar-refractivity contribution is 7.44. The maximum atomic E-state index is 12.4. The maximum absolute atomic E-state index is 12.4. The van der Waals surface area contributed by atoms with Crippen LogP contribution in [0.1, 0.15) is 59.4 Å². The number of hydrogen-bond donors (Lipinski definition) is 1. The lowest BCUT2D eigenvalue weighted by molar-refractivity contribution is 0.0253. The van der Waals surface area contributed by atoms with E-state index < -0.39 is 20.7 Å². The zero-order valence-corrected chi connectivity index (χ0v) is 24.4. The maximum Gasteiger partial charge on any atom is 0.407 e. The Hall–Kier alpha value is -2.53. The number of rotatable bonds is 16. The molecule has 3 rings (SSSR count). The van der Waals surface area contributed by atoms with E-state index in [-0.39, 0.29) is 44.7 Å². The number of nitrogens with zero attached hydrogens (tertiary/aromatic N) is 2. The number of benzene rings is 2. The Morgan fingerprint density at radius 1 is 1.05 bits per heavy atom. The van der Waals surface area contributed by atoms with Crippen LogP contribution < -0.4 is 5.32 Å². The lowest BCUT2D eigenvalue weighted by atomic mass is 9.98. The number of fused-ring (bicyclic) bond motifs is 3. The van der Waals surface area contributed by atoms with Crippen LogP contribution in [0.2, 0.25) is 0 Å². The first kappa shape index (κ1) is 29.5. The summed E-state index contributed by atoms with van der Waals surface area (Å²) in [6.45, 7) is 17.2. The molecule has 0 aromatic heterocycles. The Bertz CT molecular complexity index is 1060. The molecule has 1 aliphatic carbocycles. The fourth-order valence-corrected chi connectivity index (χ4v) is 6.29. The zero-order valence-electron chi connectivity index (χ0n) is 24.5. The summed E-state index contributed by atoms with van der Waals surface area (Å²) >= 11 is 0. The van der Waals surface area contributed by atoms with Gasteiger partial charge in [0.15, 0.2) is 0 Å². The van der Waals surface area contributed by atoms with Gasteiger partial charge in [-0.05, 0) is 63.3 Å². The summed E-state index contributed by atoms with van der Waals surface area (Å²) in [6.07, 6.45) is -0.279. The summed E-state index contributed by atoms with van der Waals surface area (Å²) < 4.78 is 33.4. The highest BCUT2D eigenvalue weighted by Gasteiger charge is 2.29. The van der Waals surface area contributed by atoms with Gasteiger partial charge in [0.25, 0.3) is 8.53 Å². The van der Waals surface area contributed by atoms with E-state index in [0.717, 1.165) is 0 Å². The molecule has 2 aromatic rings. The molecule has 0 saturated carbocycles. The monoisotopic (exact) mass is 556 g/mol. The van der Waals surface area contributed by atoms with Gasteiger partial charge in [0.2, 0.25) is 6.54 Å². The van der Waals surface area contributed by atoms with Crippen molar-refractivity contribution < 1.29 is 24.7 Å². The zero-order chi connectivity index (χ0) is 28.9. The third kappa shape index (κ3) is 8.99. The second-order valence-corrected chi connectivity index (χ2v) is 11.4. The average Bonchev–Trinajstić information content (AvgIpc) is 3.26. The highest BCUT2D eigenvalue weighted by Crippen LogP contribution is 2.46. The van der Waals surface area contributed by atoms with Crippen LogP contribution in [-0.4, -0.2) is 68.5 Å². The average molecular weight is 557 g/mol. The van der Waals surface area contributed by atoms with Crippen LogP contribution in [0.4, 0.5) is 4.79 Å². The molecule has 39 heavy (non-hydrogen) atoms. The summed E-state index contributed by atoms with van der Waals surface area (Å²) in [5.41, 5.74) is 4.75. The summed E-state index contributed by atoms with van der Waals surface area (Å²) in [6, 6.07) is 16.9. The van der Waals surface area contributed by atoms with Crippen LogP contribution in [0.25, 0.3) is 16.0 Å². The van der Waals surface area contributed by atoms with Gasteiger partial charge < -0.3 is 28.7 Å². The summed E-state index contributed by atoms with van der Waals surface area (Å²) in [7, 11) is -1.37. The minimum Gasteiger partial charge on any atom is -0.449 e. The molecule has 9 heteroatoms. The van der Waals surface area contributed by atoms with Crippen molar-refractivity contribution in [3.05, 3.63) is 71.1 Å². The lowest BCUT2D eigenvalue weighted by Crippen LogP contribution is -2.34. The van der Waals surface area contributed by atoms with E-state index in [2.05, 4.69) is 66.8 Å². The van der Waals surface area contributed by atoms with Crippen molar-refractivity contribution in [1.82, 2.24) is 9.99 Å². The Morgan fingerprint density at radius 2 is 1.69 bits per heavy atom. The van der Waals surface area contributed by atoms with E-state index in [0.29, 0.717) is 26.2 Å². The SMILES string of the molecule is [2H]C[C@H](COP(OCC[N+]#[C-])N(C(C)C)C(C)C)OCCCNC(=O)OCC1c2ccccc2-c2ccccc21. The third-order valence-electron chi connectivity index (χ3n) is 6.31. The third-order valence-corrected chi connectivity index (χ3v) is 8.38. The van der Waals surface area contributed by atoms with Crippen molar-refractivity contribution in [3.8, 4) is 11.1 Å². The number of alkyl carbamates (subject to hydrolysis) is 1. The predicted octanol–water partition coefficient (Wildman–Crippen LogP) is 6.62. The Kier molecular flexibility index (Phi) is 12.0. The number of carbonyl (C=O) groups is 1. The van der Waals surface area contributed by atoms with Gasteiger partial charge in [-0.1, -0.05) is 48.5 Å². The van der Waals surface area contributed by atoms with E-state index in [9.17, 15) is 4.79 Å². The predicted molar refractivity (Wildman–Crippen MR) is 156 cm³/mol. The molecule has 1 N–H and O–H groups in total. The van der Waals surface area contributed by atoms with Crippen molar-refractivity contribution in [2.24, 2.45) is 0 Å². The summed E-state index contributed by atoms with van der Waals surface area (Å²) in [4.78, 5) is 15.7. The molecule has 0 radical (unpaired) electrons. The second kappa shape index (κ2) is 15.9. The smallest absolute Gasteiger partial charge is 0.407 e. The Morgan fingerprint density at radius 3 is 2.28 bits per heavy atom. The van der Waals surface area contributed by atoms with Gasteiger partial charge in [-0.2, -0.15) is 0 Å². The standard InChI is InChI=1S/C30H42N3O5P/c1-22(2)33(23(3)4)39(37-19-17-31-6)38-20-24(5)35-18-11-16-32-30(34)36-21-29-27-14-9-7-12-25(27)26-13-8-10-15-28(26)29/h7-10,12-15,22-24,29H,11,16-21H2,1-5H3,(H,32,34)/t24-,39?/m1/s1/i5D. The molecule has 0 heterocycles. The van der Waals surface area contributed by atoms with Gasteiger partial charge in [-0.25, -0.2) is 16.0 Å². The Labute approximate surface area is 236 Å². The summed E-state index contributed by atoms with van der Waals surface area (Å²) in [5.74, 6) is 0.0254. The molecule has 1 unspecified atom stereocenters. The first-order valence-corrected chi connectivity index (χ1v) is 14.7. The number of ether oxygens (including phenoxy) is 2. The number of nitrogens with one attached hydrogen (secondary N) is 1. The molecule has 212 valence electrons. The fourth-order valence-electron chi connectivity index (χ4n) is 4.67. The minimum atomic E-state index is -1.37. The largest absolute Gasteiger partial charge is 0.449 e. The molecule has 0 saturated heterocycles. The van der Waals surface area contributed by atoms with Crippen LogP contribution in [0.5, 0.6) is 0 Å². The first-order valence-electron chi connectivity index (χ1n) is 14.2. The molecule has 1 aliphatic rings. The molecular formula is C30H42N3O5P. The van der Waals surface area contributed by atoms with Crippen LogP contribution in [-0.2, 0) is 18.5 Å². The minimum absolute atomic E-state index is 0.0254. The van der Waals surface area contributed by atoms with Gasteiger partial charge in [-0.3, -0.25) is 0 Å². The van der Waals surface area contributed by atoms with E-state index in [1.54, 1.807) is 0 Å². The molecule has 0 aliphatic heterocycles. The molecule has 2 atom stereocenters. The van der Waals surface area contributed by atoms with Crippen LogP contribution >= 0.6 is 8.53 Å². The van der Waals surface area contributed by atoms with Gasteiger partial charge in [0, 0.05) is 32.5 Å². The van der Waals surface area contributed by atoms with E-state index >= 15 is 0 Å². The first-order chi connectivity index (χ1) is 19.4. The van der Waals surface area contributed by atoms with Crippen LogP contribution in [0.15, 0.2) is 48.5 Å². The van der Waals surface area contributed by atoms with Crippen molar-refractivity contribution in [2.75, 3.05) is 39.5 Å². The fraction of sp³-hybridized carbons (Fsp3) is 0.533. The van der Waals surface area contributed by atoms with Crippen molar-refractivity contribution >= 4 is 14.6 Å². The van der Waals surface area contributed by atoms with Crippen molar-refractivity contribution in [2.45, 2.75) is 65.1 Å². The van der Waals surface area contributed by atoms with Crippen molar-refractivity contribution in [1.29, 1.82) is 0 Å². The number of carbonyl (C=O) groups excluding carboxylic acids is 1. The molecule has 0 fully saturated rings. The van der Waals surface area contributed by atoms with Gasteiger partial charge in [-0.15, -0.1) is 0 Å². The van der Waals surface area contributed by atoms with Gasteiger partial charge in [0.05, 0.1) is 12.7 Å². The van der Waals surface area contributed by atoms with E-state index in [4.69, 9.17) is 26.5 Å². The van der Waals surface area contributed by atoms with Crippen LogP contribution in [0, 0.1) is 6.57 Å². The lowest BCUT2D eigenvalue weighted by Gasteiger charge is -2.35. The van der Waals surface area contributed by atoms with Crippen molar-refractivity contribution in [3.63, 3.8) is 0 Å². The van der Waals surface area contributed by atoms with E-state index in [1.165, 1.54) is 22.3 Å². The quantitative estimate of drug-likeness (QED) is 0.142. The van der Waals surface area contributed by atoms with Gasteiger partial charge >= 0.3 is 6.09 Å². The molecule has 2 aromatic carbocycles. The number of hydrogen-bond acceptors (Lipinski definition) is 6. The van der Waals surface area contributed by atoms with Crippen LogP contribution in [0.3, 0.4) is 0 Å². The van der Waals surface area contributed by atoms with Gasteiger partial charge in [0.1, 0.15) is 13.2 Å². The highest BCUT2D eigenvalue weighted by atomic mass is 31.2. The second-order valence-electron chi connectivity index (χ2n) is 9.91. The molecule has 8 nitrogen and oxygen atoms in total. The number of amides is 1. The Balaban J connectivity index is 1.38. The molecular weight excluding hydrogens is 513 g/mol. The normalized spacial score (nSPS) is 14.6. The molecule has 1 amide bonds. The van der Waals surface area contributed by atoms with E-state index in [1.807, 2.05) is 24.3 Å². The molecule has 0 bridgehead atoms. The molecule has 0 spiro atoms. The topological polar surface area (TPSA) is 73.6 Å².